The Labute approximate surface area is 220 Å². The van der Waals surface area contributed by atoms with Crippen LogP contribution in [0.15, 0.2) is 30.3 Å². The van der Waals surface area contributed by atoms with Crippen LogP contribution in [0.2, 0.25) is 25.1 Å². The summed E-state index contributed by atoms with van der Waals surface area (Å²) in [5.74, 6) is -1.17. The van der Waals surface area contributed by atoms with Gasteiger partial charge in [-0.3, -0.25) is 4.57 Å². The van der Waals surface area contributed by atoms with Gasteiger partial charge in [0, 0.05) is 11.6 Å². The molecule has 0 radical (unpaired) electrons. The Morgan fingerprint density at radius 1 is 0.912 bits per heavy atom. The first-order valence-corrected chi connectivity index (χ1v) is 13.0. The third-order valence-corrected chi connectivity index (χ3v) is 8.72. The highest BCUT2D eigenvalue weighted by Crippen LogP contribution is 2.66. The van der Waals surface area contributed by atoms with E-state index in [1.54, 1.807) is 6.92 Å². The number of alkyl halides is 2. The van der Waals surface area contributed by atoms with Gasteiger partial charge in [0.2, 0.25) is 0 Å². The lowest BCUT2D eigenvalue weighted by Gasteiger charge is -2.26. The predicted octanol–water partition coefficient (Wildman–Crippen LogP) is 9.28. The van der Waals surface area contributed by atoms with Crippen LogP contribution in [0.4, 0.5) is 8.78 Å². The van der Waals surface area contributed by atoms with E-state index in [0.29, 0.717) is 11.1 Å². The van der Waals surface area contributed by atoms with Gasteiger partial charge in [-0.25, -0.2) is 4.79 Å². The summed E-state index contributed by atoms with van der Waals surface area (Å²) in [4.78, 5) is 12.4. The van der Waals surface area contributed by atoms with E-state index in [4.69, 9.17) is 71.8 Å². The molecule has 0 fully saturated rings. The van der Waals surface area contributed by atoms with Crippen LogP contribution in [0, 0.1) is 0 Å². The fraction of sp³-hybridized carbons (Fsp3) is 0.286. The first-order valence-electron chi connectivity index (χ1n) is 9.60. The van der Waals surface area contributed by atoms with E-state index in [1.807, 2.05) is 0 Å². The van der Waals surface area contributed by atoms with Crippen molar-refractivity contribution in [1.29, 1.82) is 0 Å². The van der Waals surface area contributed by atoms with E-state index in [2.05, 4.69) is 0 Å². The smallest absolute Gasteiger partial charge is 0.404 e. The van der Waals surface area contributed by atoms with Crippen LogP contribution in [-0.2, 0) is 24.1 Å². The zero-order valence-electron chi connectivity index (χ0n) is 17.9. The number of hydrogen-bond donors (Lipinski definition) is 0. The first-order chi connectivity index (χ1) is 15.8. The zero-order chi connectivity index (χ0) is 25.8. The lowest BCUT2D eigenvalue weighted by atomic mass is 10.1. The lowest BCUT2D eigenvalue weighted by molar-refractivity contribution is -0.128. The molecule has 0 saturated heterocycles. The van der Waals surface area contributed by atoms with Gasteiger partial charge in [0.05, 0.1) is 28.3 Å². The molecule has 13 heteroatoms. The maximum absolute atomic E-state index is 14.9. The zero-order valence-corrected chi connectivity index (χ0v) is 22.6. The van der Waals surface area contributed by atoms with E-state index in [-0.39, 0.29) is 44.1 Å². The van der Waals surface area contributed by atoms with Crippen molar-refractivity contribution in [3.05, 3.63) is 66.6 Å². The standard InChI is InChI=1S/C21H18Cl5F2O5P/c1-4-31-34(30,32-5-2)21(27,28)13-8-6-12(7-9-13)11(3)10-14(29)33-20-18(25)16(23)15(22)17(24)19(20)26/h6-10H,4-5H2,1-3H3. The molecule has 0 N–H and O–H groups in total. The minimum Gasteiger partial charge on any atom is -0.420 e. The van der Waals surface area contributed by atoms with Crippen molar-refractivity contribution < 1.29 is 31.9 Å². The molecule has 0 amide bonds. The Kier molecular flexibility index (Phi) is 10.3. The van der Waals surface area contributed by atoms with Crippen LogP contribution in [-0.4, -0.2) is 19.2 Å². The number of carbonyl (C=O) groups excluding carboxylic acids is 1. The Morgan fingerprint density at radius 3 is 1.79 bits per heavy atom. The summed E-state index contributed by atoms with van der Waals surface area (Å²) in [6.45, 7) is 3.99. The minimum atomic E-state index is -4.74. The van der Waals surface area contributed by atoms with Gasteiger partial charge in [-0.2, -0.15) is 8.78 Å². The maximum atomic E-state index is 14.9. The molecular formula is C21H18Cl5F2O5P. The Hall–Kier alpha value is -0.890. The number of esters is 1. The number of carbonyl (C=O) groups is 1. The second-order valence-corrected chi connectivity index (χ2v) is 10.6. The topological polar surface area (TPSA) is 61.8 Å². The molecule has 34 heavy (non-hydrogen) atoms. The van der Waals surface area contributed by atoms with Gasteiger partial charge in [0.15, 0.2) is 5.75 Å². The highest BCUT2D eigenvalue weighted by atomic mass is 35.5. The predicted molar refractivity (Wildman–Crippen MR) is 132 cm³/mol. The summed E-state index contributed by atoms with van der Waals surface area (Å²) < 4.78 is 57.1. The van der Waals surface area contributed by atoms with Gasteiger partial charge in [0.25, 0.3) is 0 Å². The van der Waals surface area contributed by atoms with E-state index < -0.39 is 24.8 Å². The van der Waals surface area contributed by atoms with Crippen molar-refractivity contribution in [3.63, 3.8) is 0 Å². The Bertz CT molecular complexity index is 1120. The molecule has 0 saturated carbocycles. The van der Waals surface area contributed by atoms with Gasteiger partial charge in [-0.1, -0.05) is 82.3 Å². The van der Waals surface area contributed by atoms with Gasteiger partial charge < -0.3 is 13.8 Å². The quantitative estimate of drug-likeness (QED) is 0.0721. The van der Waals surface area contributed by atoms with Gasteiger partial charge in [-0.05, 0) is 31.9 Å². The summed E-state index contributed by atoms with van der Waals surface area (Å²) in [6.07, 6.45) is 1.08. The molecule has 2 aromatic carbocycles. The molecule has 0 aliphatic carbocycles. The Balaban J connectivity index is 2.29. The van der Waals surface area contributed by atoms with Crippen molar-refractivity contribution in [1.82, 2.24) is 0 Å². The first kappa shape index (κ1) is 29.3. The van der Waals surface area contributed by atoms with Crippen LogP contribution in [0.25, 0.3) is 5.57 Å². The van der Waals surface area contributed by atoms with Crippen LogP contribution in [0.5, 0.6) is 5.75 Å². The van der Waals surface area contributed by atoms with E-state index >= 15 is 0 Å². The van der Waals surface area contributed by atoms with Crippen molar-refractivity contribution >= 4 is 77.1 Å². The molecule has 0 bridgehead atoms. The van der Waals surface area contributed by atoms with Crippen molar-refractivity contribution in [2.24, 2.45) is 0 Å². The van der Waals surface area contributed by atoms with E-state index in [9.17, 15) is 18.1 Å². The van der Waals surface area contributed by atoms with Gasteiger partial charge in [-0.15, -0.1) is 0 Å². The highest BCUT2D eigenvalue weighted by Gasteiger charge is 2.54. The second kappa shape index (κ2) is 11.9. The summed E-state index contributed by atoms with van der Waals surface area (Å²) in [5, 5.41) is -0.802. The Morgan fingerprint density at radius 2 is 1.35 bits per heavy atom. The fourth-order valence-corrected chi connectivity index (χ4v) is 5.44. The SMILES string of the molecule is CCOP(=O)(OCC)C(F)(F)c1ccc(C(C)=CC(=O)Oc2c(Cl)c(Cl)c(Cl)c(Cl)c2Cl)cc1. The number of benzene rings is 2. The number of hydrogen-bond acceptors (Lipinski definition) is 5. The molecular weight excluding hydrogens is 578 g/mol. The average molecular weight is 597 g/mol. The molecule has 0 aliphatic rings. The number of allylic oxidation sites excluding steroid dienone is 1. The normalized spacial score (nSPS) is 12.7. The van der Waals surface area contributed by atoms with Crippen molar-refractivity contribution in [2.45, 2.75) is 26.4 Å². The van der Waals surface area contributed by atoms with Gasteiger partial charge >= 0.3 is 19.2 Å². The second-order valence-electron chi connectivity index (χ2n) is 6.60. The maximum Gasteiger partial charge on any atom is 0.404 e. The van der Waals surface area contributed by atoms with Crippen LogP contribution in [0.1, 0.15) is 31.9 Å². The largest absolute Gasteiger partial charge is 0.420 e. The van der Waals surface area contributed by atoms with Gasteiger partial charge in [0.1, 0.15) is 10.0 Å². The third kappa shape index (κ3) is 6.08. The van der Waals surface area contributed by atoms with Crippen molar-refractivity contribution in [2.75, 3.05) is 13.2 Å². The lowest BCUT2D eigenvalue weighted by Crippen LogP contribution is -2.18. The molecule has 2 aromatic rings. The third-order valence-electron chi connectivity index (χ3n) is 4.34. The van der Waals surface area contributed by atoms with E-state index in [1.165, 1.54) is 26.0 Å². The molecule has 0 atom stereocenters. The molecule has 2 rings (SSSR count). The molecule has 0 unspecified atom stereocenters. The molecule has 0 heterocycles. The number of ether oxygens (including phenoxy) is 1. The molecule has 0 spiro atoms. The van der Waals surface area contributed by atoms with E-state index in [0.717, 1.165) is 18.2 Å². The number of halogens is 7. The molecule has 186 valence electrons. The van der Waals surface area contributed by atoms with Crippen LogP contribution >= 0.6 is 65.6 Å². The monoisotopic (exact) mass is 594 g/mol. The summed E-state index contributed by atoms with van der Waals surface area (Å²) >= 11 is 29.9. The van der Waals surface area contributed by atoms with Crippen molar-refractivity contribution in [3.8, 4) is 5.75 Å². The minimum absolute atomic E-state index is 0.0973. The van der Waals surface area contributed by atoms with Crippen LogP contribution in [0.3, 0.4) is 0 Å². The highest BCUT2D eigenvalue weighted by molar-refractivity contribution is 7.54. The molecule has 0 aromatic heterocycles. The average Bonchev–Trinajstić information content (AvgIpc) is 2.79. The molecule has 0 aliphatic heterocycles. The molecule has 5 nitrogen and oxygen atoms in total. The fourth-order valence-electron chi connectivity index (χ4n) is 2.70. The summed E-state index contributed by atoms with van der Waals surface area (Å²) in [5.41, 5.74) is -3.69. The number of rotatable bonds is 9. The summed E-state index contributed by atoms with van der Waals surface area (Å²) in [7, 11) is -4.74. The summed E-state index contributed by atoms with van der Waals surface area (Å²) in [6, 6.07) is 4.77. The van der Waals surface area contributed by atoms with Crippen LogP contribution < -0.4 is 4.74 Å².